The Morgan fingerprint density at radius 2 is 1.81 bits per heavy atom. The Hall–Kier alpha value is -2.24. The quantitative estimate of drug-likeness (QED) is 0.736. The normalized spacial score (nSPS) is 18.7. The summed E-state index contributed by atoms with van der Waals surface area (Å²) >= 11 is 0. The van der Waals surface area contributed by atoms with Gasteiger partial charge in [0.15, 0.2) is 11.5 Å². The second kappa shape index (κ2) is 8.19. The average molecular weight is 374 g/mol. The number of benzene rings is 1. The van der Waals surface area contributed by atoms with Gasteiger partial charge in [0, 0.05) is 32.6 Å². The summed E-state index contributed by atoms with van der Waals surface area (Å²) in [5.74, 6) is 2.18. The molecular weight excluding hydrogens is 344 g/mol. The molecule has 148 valence electrons. The van der Waals surface area contributed by atoms with Crippen LogP contribution < -0.4 is 9.47 Å². The number of rotatable bonds is 7. The molecule has 0 aliphatic carbocycles. The topological polar surface area (TPSA) is 59.1 Å². The van der Waals surface area contributed by atoms with E-state index in [9.17, 15) is 9.59 Å². The molecule has 1 aromatic rings. The zero-order valence-electron chi connectivity index (χ0n) is 16.7. The molecular formula is C21H30N2O4. The van der Waals surface area contributed by atoms with Crippen LogP contribution in [0.1, 0.15) is 39.7 Å². The third-order valence-corrected chi connectivity index (χ3v) is 4.86. The van der Waals surface area contributed by atoms with E-state index in [-0.39, 0.29) is 24.5 Å². The molecule has 3 rings (SSSR count). The number of carbonyl (C=O) groups excluding carboxylic acids is 2. The van der Waals surface area contributed by atoms with Crippen LogP contribution in [0.25, 0.3) is 0 Å². The van der Waals surface area contributed by atoms with Gasteiger partial charge in [0.2, 0.25) is 18.6 Å². The first-order valence-corrected chi connectivity index (χ1v) is 9.78. The molecule has 0 aromatic heterocycles. The summed E-state index contributed by atoms with van der Waals surface area (Å²) in [6, 6.07) is 5.72. The monoisotopic (exact) mass is 374 g/mol. The Bertz CT molecular complexity index is 691. The maximum absolute atomic E-state index is 13.0. The summed E-state index contributed by atoms with van der Waals surface area (Å²) < 4.78 is 10.7. The van der Waals surface area contributed by atoms with E-state index in [1.54, 1.807) is 4.90 Å². The lowest BCUT2D eigenvalue weighted by atomic mass is 10.0. The standard InChI is InChI=1S/C21H30N2O4/c1-14(2)9-23(10-15(3)4)21(25)17-8-20(24)22(12-17)11-16-5-6-18-19(7-16)27-13-26-18/h5-7,14-15,17H,8-13H2,1-4H3. The zero-order valence-corrected chi connectivity index (χ0v) is 16.7. The van der Waals surface area contributed by atoms with Gasteiger partial charge in [-0.05, 0) is 29.5 Å². The number of carbonyl (C=O) groups is 2. The SMILES string of the molecule is CC(C)CN(CC(C)C)C(=O)C1CC(=O)N(Cc2ccc3c(c2)OCO3)C1. The van der Waals surface area contributed by atoms with E-state index >= 15 is 0 Å². The van der Waals surface area contributed by atoms with Crippen molar-refractivity contribution in [2.45, 2.75) is 40.7 Å². The third kappa shape index (κ3) is 4.73. The highest BCUT2D eigenvalue weighted by molar-refractivity contribution is 5.89. The van der Waals surface area contributed by atoms with Crippen LogP contribution in [0.5, 0.6) is 11.5 Å². The summed E-state index contributed by atoms with van der Waals surface area (Å²) in [6.07, 6.45) is 0.302. The molecule has 6 nitrogen and oxygen atoms in total. The first-order valence-electron chi connectivity index (χ1n) is 9.78. The molecule has 27 heavy (non-hydrogen) atoms. The highest BCUT2D eigenvalue weighted by Gasteiger charge is 2.36. The second-order valence-corrected chi connectivity index (χ2v) is 8.39. The van der Waals surface area contributed by atoms with E-state index in [1.807, 2.05) is 23.1 Å². The van der Waals surface area contributed by atoms with Gasteiger partial charge in [-0.2, -0.15) is 0 Å². The van der Waals surface area contributed by atoms with Gasteiger partial charge in [-0.15, -0.1) is 0 Å². The number of hydrogen-bond donors (Lipinski definition) is 0. The molecule has 1 saturated heterocycles. The molecule has 1 fully saturated rings. The predicted octanol–water partition coefficient (Wildman–Crippen LogP) is 2.90. The van der Waals surface area contributed by atoms with Crippen molar-refractivity contribution in [3.63, 3.8) is 0 Å². The largest absolute Gasteiger partial charge is 0.454 e. The number of likely N-dealkylation sites (tertiary alicyclic amines) is 1. The van der Waals surface area contributed by atoms with Gasteiger partial charge in [-0.25, -0.2) is 0 Å². The fourth-order valence-electron chi connectivity index (χ4n) is 3.74. The van der Waals surface area contributed by atoms with Crippen LogP contribution >= 0.6 is 0 Å². The van der Waals surface area contributed by atoms with Gasteiger partial charge in [0.05, 0.1) is 5.92 Å². The highest BCUT2D eigenvalue weighted by Crippen LogP contribution is 2.33. The number of nitrogens with zero attached hydrogens (tertiary/aromatic N) is 2. The Labute approximate surface area is 161 Å². The minimum Gasteiger partial charge on any atom is -0.454 e. The van der Waals surface area contributed by atoms with E-state index in [1.165, 1.54) is 0 Å². The lowest BCUT2D eigenvalue weighted by Crippen LogP contribution is -2.41. The summed E-state index contributed by atoms with van der Waals surface area (Å²) in [7, 11) is 0. The molecule has 0 saturated carbocycles. The van der Waals surface area contributed by atoms with Crippen molar-refractivity contribution >= 4 is 11.8 Å². The van der Waals surface area contributed by atoms with Gasteiger partial charge in [0.25, 0.3) is 0 Å². The summed E-state index contributed by atoms with van der Waals surface area (Å²) in [5.41, 5.74) is 0.988. The van der Waals surface area contributed by atoms with Crippen LogP contribution in [-0.4, -0.2) is 48.0 Å². The van der Waals surface area contributed by atoms with Gasteiger partial charge >= 0.3 is 0 Å². The molecule has 1 atom stereocenters. The van der Waals surface area contributed by atoms with Gasteiger partial charge in [-0.1, -0.05) is 33.8 Å². The summed E-state index contributed by atoms with van der Waals surface area (Å²) in [4.78, 5) is 29.2. The van der Waals surface area contributed by atoms with E-state index < -0.39 is 0 Å². The number of fused-ring (bicyclic) bond motifs is 1. The van der Waals surface area contributed by atoms with E-state index in [4.69, 9.17) is 9.47 Å². The maximum atomic E-state index is 13.0. The van der Waals surface area contributed by atoms with Crippen molar-refractivity contribution in [2.24, 2.45) is 17.8 Å². The summed E-state index contributed by atoms with van der Waals surface area (Å²) in [5, 5.41) is 0. The Kier molecular flexibility index (Phi) is 5.92. The predicted molar refractivity (Wildman–Crippen MR) is 102 cm³/mol. The smallest absolute Gasteiger partial charge is 0.231 e. The lowest BCUT2D eigenvalue weighted by molar-refractivity contribution is -0.136. The number of amides is 2. The molecule has 0 radical (unpaired) electrons. The Morgan fingerprint density at radius 1 is 1.15 bits per heavy atom. The van der Waals surface area contributed by atoms with Gasteiger partial charge < -0.3 is 19.3 Å². The van der Waals surface area contributed by atoms with Crippen LogP contribution in [0.3, 0.4) is 0 Å². The van der Waals surface area contributed by atoms with Gasteiger partial charge in [-0.3, -0.25) is 9.59 Å². The molecule has 6 heteroatoms. The Morgan fingerprint density at radius 3 is 2.48 bits per heavy atom. The first-order chi connectivity index (χ1) is 12.8. The highest BCUT2D eigenvalue weighted by atomic mass is 16.7. The van der Waals surface area contributed by atoms with Crippen molar-refractivity contribution in [1.29, 1.82) is 0 Å². The lowest BCUT2D eigenvalue weighted by Gasteiger charge is -2.28. The minimum absolute atomic E-state index is 0.0417. The van der Waals surface area contributed by atoms with Crippen LogP contribution in [0.4, 0.5) is 0 Å². The average Bonchev–Trinajstić information content (AvgIpc) is 3.19. The molecule has 2 amide bonds. The molecule has 0 N–H and O–H groups in total. The minimum atomic E-state index is -0.246. The fraction of sp³-hybridized carbons (Fsp3) is 0.619. The maximum Gasteiger partial charge on any atom is 0.231 e. The molecule has 2 heterocycles. The van der Waals surface area contributed by atoms with Crippen molar-refractivity contribution in [2.75, 3.05) is 26.4 Å². The van der Waals surface area contributed by atoms with Crippen LogP contribution in [0.15, 0.2) is 18.2 Å². The first kappa shape index (κ1) is 19.5. The molecule has 0 spiro atoms. The van der Waals surface area contributed by atoms with E-state index in [0.717, 1.165) is 24.4 Å². The van der Waals surface area contributed by atoms with Crippen LogP contribution in [-0.2, 0) is 16.1 Å². The van der Waals surface area contributed by atoms with Crippen molar-refractivity contribution < 1.29 is 19.1 Å². The van der Waals surface area contributed by atoms with E-state index in [2.05, 4.69) is 27.7 Å². The second-order valence-electron chi connectivity index (χ2n) is 8.39. The molecule has 2 aliphatic rings. The van der Waals surface area contributed by atoms with Crippen molar-refractivity contribution in [3.05, 3.63) is 23.8 Å². The molecule has 2 aliphatic heterocycles. The summed E-state index contributed by atoms with van der Waals surface area (Å²) in [6.45, 7) is 11.2. The fourth-order valence-corrected chi connectivity index (χ4v) is 3.74. The van der Waals surface area contributed by atoms with Crippen LogP contribution in [0, 0.1) is 17.8 Å². The molecule has 0 bridgehead atoms. The third-order valence-electron chi connectivity index (χ3n) is 4.86. The van der Waals surface area contributed by atoms with Crippen molar-refractivity contribution in [1.82, 2.24) is 9.80 Å². The Balaban J connectivity index is 1.64. The van der Waals surface area contributed by atoms with E-state index in [0.29, 0.717) is 37.1 Å². The van der Waals surface area contributed by atoms with Crippen molar-refractivity contribution in [3.8, 4) is 11.5 Å². The molecule has 1 aromatic carbocycles. The van der Waals surface area contributed by atoms with Crippen LogP contribution in [0.2, 0.25) is 0 Å². The van der Waals surface area contributed by atoms with Gasteiger partial charge in [0.1, 0.15) is 0 Å². The zero-order chi connectivity index (χ0) is 19.6. The molecule has 1 unspecified atom stereocenters. The number of ether oxygens (including phenoxy) is 2. The number of hydrogen-bond acceptors (Lipinski definition) is 4.